The van der Waals surface area contributed by atoms with Gasteiger partial charge in [0.2, 0.25) is 0 Å². The lowest BCUT2D eigenvalue weighted by atomic mass is 10.5. The van der Waals surface area contributed by atoms with Crippen molar-refractivity contribution in [2.24, 2.45) is 0 Å². The third kappa shape index (κ3) is 2.21. The molecule has 0 amide bonds. The molecule has 0 radical (unpaired) electrons. The fraction of sp³-hybridized carbons (Fsp3) is 0.429. The smallest absolute Gasteiger partial charge is 0.348 e. The maximum Gasteiger partial charge on any atom is 0.348 e. The average Bonchev–Trinajstić information content (AvgIpc) is 2.75. The average molecular weight is 285 g/mol. The molecule has 2 rings (SSSR count). The summed E-state index contributed by atoms with van der Waals surface area (Å²) in [5.74, 6) is -0.370. The van der Waals surface area contributed by atoms with Gasteiger partial charge < -0.3 is 5.11 Å². The van der Waals surface area contributed by atoms with E-state index >= 15 is 0 Å². The van der Waals surface area contributed by atoms with E-state index in [-0.39, 0.29) is 12.4 Å². The molecule has 0 bridgehead atoms. The summed E-state index contributed by atoms with van der Waals surface area (Å²) in [5, 5.41) is 9.68. The Kier molecular flexibility index (Phi) is 3.32. The highest BCUT2D eigenvalue weighted by Crippen LogP contribution is 2.43. The molecule has 1 heterocycles. The molecule has 0 unspecified atom stereocenters. The monoisotopic (exact) mass is 283 g/mol. The lowest BCUT2D eigenvalue weighted by Gasteiger charge is -1.83. The van der Waals surface area contributed by atoms with Gasteiger partial charge in [-0.15, -0.1) is 23.7 Å². The molecule has 1 aromatic heterocycles. The summed E-state index contributed by atoms with van der Waals surface area (Å²) in [5.41, 5.74) is 0. The van der Waals surface area contributed by atoms with Crippen LogP contribution >= 0.6 is 39.7 Å². The topological polar surface area (TPSA) is 50.2 Å². The van der Waals surface area contributed by atoms with Gasteiger partial charge in [-0.1, -0.05) is 0 Å². The first-order chi connectivity index (χ1) is 5.68. The number of hydrogen-bond donors (Lipinski definition) is 1. The number of thiazole rings is 1. The molecule has 1 saturated carbocycles. The molecule has 1 fully saturated rings. The summed E-state index contributed by atoms with van der Waals surface area (Å²) in [4.78, 5) is 15.1. The van der Waals surface area contributed by atoms with E-state index in [1.165, 1.54) is 11.3 Å². The Balaban J connectivity index is 0.000000845. The van der Waals surface area contributed by atoms with Gasteiger partial charge in [0.1, 0.15) is 9.48 Å². The van der Waals surface area contributed by atoms with E-state index in [1.54, 1.807) is 0 Å². The van der Waals surface area contributed by atoms with Crippen molar-refractivity contribution in [3.63, 3.8) is 0 Å². The van der Waals surface area contributed by atoms with Gasteiger partial charge in [-0.3, -0.25) is 0 Å². The van der Waals surface area contributed by atoms with Crippen LogP contribution in [0.2, 0.25) is 0 Å². The Hall–Kier alpha value is -0.130. The van der Waals surface area contributed by atoms with E-state index in [2.05, 4.69) is 20.9 Å². The van der Waals surface area contributed by atoms with Crippen molar-refractivity contribution in [1.29, 1.82) is 0 Å². The second-order valence-electron chi connectivity index (χ2n) is 2.75. The van der Waals surface area contributed by atoms with Gasteiger partial charge in [0.15, 0.2) is 0 Å². The van der Waals surface area contributed by atoms with Gasteiger partial charge in [-0.25, -0.2) is 9.78 Å². The van der Waals surface area contributed by atoms with Crippen molar-refractivity contribution >= 4 is 45.6 Å². The Morgan fingerprint density at radius 3 is 2.62 bits per heavy atom. The fourth-order valence-corrected chi connectivity index (χ4v) is 2.64. The van der Waals surface area contributed by atoms with Crippen LogP contribution in [0.5, 0.6) is 0 Å². The van der Waals surface area contributed by atoms with Crippen molar-refractivity contribution in [3.8, 4) is 0 Å². The van der Waals surface area contributed by atoms with Crippen molar-refractivity contribution in [2.75, 3.05) is 0 Å². The summed E-state index contributed by atoms with van der Waals surface area (Å²) in [6, 6.07) is 0. The molecule has 0 atom stereocenters. The molecule has 1 aliphatic carbocycles. The van der Waals surface area contributed by atoms with E-state index in [0.29, 0.717) is 15.4 Å². The molecule has 0 aliphatic heterocycles. The number of carboxylic acids is 1. The molecule has 6 heteroatoms. The Morgan fingerprint density at radius 1 is 1.62 bits per heavy atom. The van der Waals surface area contributed by atoms with Crippen LogP contribution in [-0.2, 0) is 0 Å². The lowest BCUT2D eigenvalue weighted by molar-refractivity contribution is 0.0701. The zero-order chi connectivity index (χ0) is 8.72. The number of halogens is 2. The minimum atomic E-state index is -0.897. The van der Waals surface area contributed by atoms with E-state index in [0.717, 1.165) is 17.8 Å². The van der Waals surface area contributed by atoms with E-state index in [9.17, 15) is 4.79 Å². The van der Waals surface area contributed by atoms with Crippen molar-refractivity contribution < 1.29 is 9.90 Å². The van der Waals surface area contributed by atoms with Gasteiger partial charge in [-0.2, -0.15) is 0 Å². The summed E-state index contributed by atoms with van der Waals surface area (Å²) < 4.78 is 0.474. The van der Waals surface area contributed by atoms with Crippen LogP contribution in [0.4, 0.5) is 0 Å². The zero-order valence-electron chi connectivity index (χ0n) is 6.49. The van der Waals surface area contributed by atoms with Gasteiger partial charge in [0.25, 0.3) is 0 Å². The van der Waals surface area contributed by atoms with Gasteiger partial charge in [0.05, 0.1) is 5.01 Å². The van der Waals surface area contributed by atoms with Crippen LogP contribution in [0.25, 0.3) is 0 Å². The summed E-state index contributed by atoms with van der Waals surface area (Å²) in [6.45, 7) is 0. The predicted octanol–water partition coefficient (Wildman–Crippen LogP) is 2.90. The zero-order valence-corrected chi connectivity index (χ0v) is 9.71. The fourth-order valence-electron chi connectivity index (χ4n) is 0.954. The first kappa shape index (κ1) is 10.9. The molecule has 1 aliphatic rings. The number of rotatable bonds is 2. The van der Waals surface area contributed by atoms with E-state index in [4.69, 9.17) is 5.11 Å². The highest BCUT2D eigenvalue weighted by molar-refractivity contribution is 9.10. The van der Waals surface area contributed by atoms with Crippen LogP contribution in [0, 0.1) is 0 Å². The van der Waals surface area contributed by atoms with E-state index < -0.39 is 5.97 Å². The molecule has 0 aromatic carbocycles. The van der Waals surface area contributed by atoms with Gasteiger partial charge in [0, 0.05) is 5.92 Å². The standard InChI is InChI=1S/C7H6BrNO2S.ClH/c8-5-4(7(10)11)12-6(9-5)3-1-2-3;/h3H,1-2H2,(H,10,11);1H. The largest absolute Gasteiger partial charge is 0.477 e. The molecule has 1 aromatic rings. The van der Waals surface area contributed by atoms with Crippen LogP contribution in [-0.4, -0.2) is 16.1 Å². The van der Waals surface area contributed by atoms with Crippen LogP contribution < -0.4 is 0 Å². The van der Waals surface area contributed by atoms with Crippen LogP contribution in [0.15, 0.2) is 4.60 Å². The first-order valence-corrected chi connectivity index (χ1v) is 5.19. The third-order valence-electron chi connectivity index (χ3n) is 1.72. The molecule has 0 spiro atoms. The van der Waals surface area contributed by atoms with Crippen molar-refractivity contribution in [3.05, 3.63) is 14.5 Å². The second kappa shape index (κ2) is 3.94. The number of aromatic carboxylic acids is 1. The van der Waals surface area contributed by atoms with Gasteiger partial charge in [-0.05, 0) is 28.8 Å². The highest BCUT2D eigenvalue weighted by atomic mass is 79.9. The minimum absolute atomic E-state index is 0. The Labute approximate surface area is 93.7 Å². The van der Waals surface area contributed by atoms with Crippen LogP contribution in [0.1, 0.15) is 33.4 Å². The molecule has 3 nitrogen and oxygen atoms in total. The number of carboxylic acid groups (broad SMARTS) is 1. The molecular formula is C7H7BrClNO2S. The number of aromatic nitrogens is 1. The predicted molar refractivity (Wildman–Crippen MR) is 56.0 cm³/mol. The Morgan fingerprint density at radius 2 is 2.23 bits per heavy atom. The maximum atomic E-state index is 10.6. The van der Waals surface area contributed by atoms with Crippen LogP contribution in [0.3, 0.4) is 0 Å². The summed E-state index contributed by atoms with van der Waals surface area (Å²) in [7, 11) is 0. The molecule has 72 valence electrons. The molecule has 1 N–H and O–H groups in total. The highest BCUT2D eigenvalue weighted by Gasteiger charge is 2.29. The summed E-state index contributed by atoms with van der Waals surface area (Å²) in [6.07, 6.45) is 2.30. The normalized spacial score (nSPS) is 15.2. The quantitative estimate of drug-likeness (QED) is 0.908. The number of hydrogen-bond acceptors (Lipinski definition) is 3. The molecule has 13 heavy (non-hydrogen) atoms. The lowest BCUT2D eigenvalue weighted by Crippen LogP contribution is -1.91. The second-order valence-corrected chi connectivity index (χ2v) is 4.53. The maximum absolute atomic E-state index is 10.6. The summed E-state index contributed by atoms with van der Waals surface area (Å²) >= 11 is 4.41. The number of carbonyl (C=O) groups is 1. The molecular weight excluding hydrogens is 278 g/mol. The molecule has 0 saturated heterocycles. The van der Waals surface area contributed by atoms with Gasteiger partial charge >= 0.3 is 5.97 Å². The van der Waals surface area contributed by atoms with Crippen molar-refractivity contribution in [2.45, 2.75) is 18.8 Å². The third-order valence-corrected chi connectivity index (χ3v) is 3.77. The minimum Gasteiger partial charge on any atom is -0.477 e. The Bertz CT molecular complexity index is 337. The van der Waals surface area contributed by atoms with E-state index in [1.807, 2.05) is 0 Å². The van der Waals surface area contributed by atoms with Crippen molar-refractivity contribution in [1.82, 2.24) is 4.98 Å². The first-order valence-electron chi connectivity index (χ1n) is 3.58. The SMILES string of the molecule is Cl.O=C(O)c1sc(C2CC2)nc1Br. The number of nitrogens with zero attached hydrogens (tertiary/aromatic N) is 1.